The highest BCUT2D eigenvalue weighted by molar-refractivity contribution is 5.93. The van der Waals surface area contributed by atoms with Crippen LogP contribution in [0.5, 0.6) is 0 Å². The van der Waals surface area contributed by atoms with Gasteiger partial charge >= 0.3 is 0 Å². The Morgan fingerprint density at radius 2 is 1.82 bits per heavy atom. The van der Waals surface area contributed by atoms with Gasteiger partial charge in [0.05, 0.1) is 28.6 Å². The first-order chi connectivity index (χ1) is 16.4. The Morgan fingerprint density at radius 1 is 1.09 bits per heavy atom. The first kappa shape index (κ1) is 21.9. The van der Waals surface area contributed by atoms with Gasteiger partial charge in [-0.15, -0.1) is 0 Å². The van der Waals surface area contributed by atoms with Gasteiger partial charge in [-0.25, -0.2) is 22.8 Å². The van der Waals surface area contributed by atoms with Crippen LogP contribution in [-0.2, 0) is 0 Å². The van der Waals surface area contributed by atoms with E-state index in [4.69, 9.17) is 0 Å². The third kappa shape index (κ3) is 4.18. The Balaban J connectivity index is 1.34. The molecule has 1 unspecified atom stereocenters. The molecule has 1 aliphatic rings. The molecular weight excluding hydrogens is 445 g/mol. The van der Waals surface area contributed by atoms with Crippen LogP contribution in [0.25, 0.3) is 16.7 Å². The van der Waals surface area contributed by atoms with Crippen molar-refractivity contribution < 1.29 is 18.0 Å². The van der Waals surface area contributed by atoms with Crippen molar-refractivity contribution >= 4 is 22.8 Å². The van der Waals surface area contributed by atoms with Gasteiger partial charge in [-0.1, -0.05) is 0 Å². The number of benzene rings is 2. The Labute approximate surface area is 193 Å². The highest BCUT2D eigenvalue weighted by atomic mass is 19.2. The first-order valence-corrected chi connectivity index (χ1v) is 10.9. The van der Waals surface area contributed by atoms with E-state index in [1.807, 2.05) is 0 Å². The minimum absolute atomic E-state index is 0.105. The fourth-order valence-corrected chi connectivity index (χ4v) is 4.21. The van der Waals surface area contributed by atoms with Crippen molar-refractivity contribution in [2.75, 3.05) is 18.4 Å². The van der Waals surface area contributed by atoms with Crippen molar-refractivity contribution in [3.05, 3.63) is 77.5 Å². The number of halogens is 3. The summed E-state index contributed by atoms with van der Waals surface area (Å²) in [6.45, 7) is 2.80. The predicted molar refractivity (Wildman–Crippen MR) is 120 cm³/mol. The molecule has 1 atom stereocenters. The summed E-state index contributed by atoms with van der Waals surface area (Å²) in [5.74, 6) is -2.09. The molecule has 3 heterocycles. The first-order valence-electron chi connectivity index (χ1n) is 10.9. The monoisotopic (exact) mass is 466 g/mol. The van der Waals surface area contributed by atoms with E-state index in [0.717, 1.165) is 25.0 Å². The summed E-state index contributed by atoms with van der Waals surface area (Å²) in [5, 5.41) is 7.58. The van der Waals surface area contributed by atoms with E-state index in [0.29, 0.717) is 36.0 Å². The molecule has 7 nitrogen and oxygen atoms in total. The molecule has 5 rings (SSSR count). The maximum Gasteiger partial charge on any atom is 0.272 e. The van der Waals surface area contributed by atoms with Gasteiger partial charge in [0.1, 0.15) is 17.3 Å². The van der Waals surface area contributed by atoms with E-state index < -0.39 is 11.6 Å². The predicted octanol–water partition coefficient (Wildman–Crippen LogP) is 4.26. The Morgan fingerprint density at radius 3 is 2.59 bits per heavy atom. The lowest BCUT2D eigenvalue weighted by Crippen LogP contribution is -2.40. The van der Waals surface area contributed by atoms with Crippen LogP contribution in [0.4, 0.5) is 19.0 Å². The average Bonchev–Trinajstić information content (AvgIpc) is 3.45. The number of nitrogens with one attached hydrogen (secondary N) is 1. The number of fused-ring (bicyclic) bond motifs is 1. The number of likely N-dealkylation sites (tertiary alicyclic amines) is 1. The number of anilines is 1. The number of amides is 1. The van der Waals surface area contributed by atoms with Gasteiger partial charge < -0.3 is 10.2 Å². The van der Waals surface area contributed by atoms with Gasteiger partial charge in [0.2, 0.25) is 0 Å². The zero-order valence-corrected chi connectivity index (χ0v) is 18.3. The SMILES string of the molecule is Cc1cc(C(=O)N2CCCC2CNc2cnc3cc(F)c(F)cc3n2)n(-c2ccc(F)cc2)n1. The number of carbonyl (C=O) groups excluding carboxylic acids is 1. The second kappa shape index (κ2) is 8.77. The van der Waals surface area contributed by atoms with Gasteiger partial charge in [-0.05, 0) is 50.1 Å². The van der Waals surface area contributed by atoms with Gasteiger partial charge in [0.15, 0.2) is 11.6 Å². The highest BCUT2D eigenvalue weighted by Gasteiger charge is 2.31. The number of carbonyl (C=O) groups is 1. The van der Waals surface area contributed by atoms with Crippen molar-refractivity contribution in [2.45, 2.75) is 25.8 Å². The second-order valence-electron chi connectivity index (χ2n) is 8.24. The number of rotatable bonds is 5. The fourth-order valence-electron chi connectivity index (χ4n) is 4.21. The molecule has 0 saturated carbocycles. The minimum atomic E-state index is -0.987. The maximum atomic E-state index is 13.6. The van der Waals surface area contributed by atoms with Crippen LogP contribution < -0.4 is 5.32 Å². The largest absolute Gasteiger partial charge is 0.367 e. The van der Waals surface area contributed by atoms with E-state index in [2.05, 4.69) is 20.4 Å². The van der Waals surface area contributed by atoms with Crippen molar-refractivity contribution in [1.29, 1.82) is 0 Å². The van der Waals surface area contributed by atoms with Crippen LogP contribution >= 0.6 is 0 Å². The van der Waals surface area contributed by atoms with Crippen LogP contribution in [0.3, 0.4) is 0 Å². The molecule has 1 saturated heterocycles. The van der Waals surface area contributed by atoms with Crippen LogP contribution in [0.2, 0.25) is 0 Å². The topological polar surface area (TPSA) is 75.9 Å². The molecule has 1 N–H and O–H groups in total. The molecular formula is C24H21F3N6O. The lowest BCUT2D eigenvalue weighted by molar-refractivity contribution is 0.0734. The standard InChI is InChI=1S/C24H21F3N6O/c1-14-9-22(33(31-14)16-6-4-15(25)5-7-16)24(34)32-8-2-3-17(32)12-29-23-13-28-20-10-18(26)19(27)11-21(20)30-23/h4-7,9-11,13,17H,2-3,8,12H2,1H3,(H,29,30). The van der Waals surface area contributed by atoms with Gasteiger partial charge in [-0.2, -0.15) is 5.10 Å². The molecule has 34 heavy (non-hydrogen) atoms. The molecule has 174 valence electrons. The van der Waals surface area contributed by atoms with Gasteiger partial charge in [-0.3, -0.25) is 9.78 Å². The number of aromatic nitrogens is 4. The minimum Gasteiger partial charge on any atom is -0.367 e. The highest BCUT2D eigenvalue weighted by Crippen LogP contribution is 2.23. The van der Waals surface area contributed by atoms with Crippen LogP contribution in [0.1, 0.15) is 29.0 Å². The van der Waals surface area contributed by atoms with E-state index >= 15 is 0 Å². The maximum absolute atomic E-state index is 13.6. The Bertz CT molecular complexity index is 1370. The molecule has 1 aliphatic heterocycles. The molecule has 2 aromatic carbocycles. The Kier molecular flexibility index (Phi) is 5.64. The molecule has 0 spiro atoms. The van der Waals surface area contributed by atoms with Gasteiger partial charge in [0, 0.05) is 31.3 Å². The molecule has 1 amide bonds. The number of aryl methyl sites for hydroxylation is 1. The van der Waals surface area contributed by atoms with Crippen LogP contribution in [0, 0.1) is 24.4 Å². The second-order valence-corrected chi connectivity index (χ2v) is 8.24. The molecule has 4 aromatic rings. The van der Waals surface area contributed by atoms with Gasteiger partial charge in [0.25, 0.3) is 5.91 Å². The summed E-state index contributed by atoms with van der Waals surface area (Å²) in [5.41, 5.74) is 2.17. The summed E-state index contributed by atoms with van der Waals surface area (Å²) in [7, 11) is 0. The normalized spacial score (nSPS) is 15.8. The fraction of sp³-hybridized carbons (Fsp3) is 0.250. The molecule has 1 fully saturated rings. The lowest BCUT2D eigenvalue weighted by Gasteiger charge is -2.25. The number of hydrogen-bond acceptors (Lipinski definition) is 5. The summed E-state index contributed by atoms with van der Waals surface area (Å²) >= 11 is 0. The van der Waals surface area contributed by atoms with E-state index in [-0.39, 0.29) is 28.8 Å². The Hall–Kier alpha value is -3.95. The van der Waals surface area contributed by atoms with Crippen molar-refractivity contribution in [3.63, 3.8) is 0 Å². The van der Waals surface area contributed by atoms with Crippen molar-refractivity contribution in [2.24, 2.45) is 0 Å². The summed E-state index contributed by atoms with van der Waals surface area (Å²) in [4.78, 5) is 23.7. The molecule has 0 aliphatic carbocycles. The third-order valence-corrected chi connectivity index (χ3v) is 5.86. The molecule has 10 heteroatoms. The molecule has 2 aromatic heterocycles. The molecule has 0 bridgehead atoms. The number of nitrogens with zero attached hydrogens (tertiary/aromatic N) is 5. The van der Waals surface area contributed by atoms with E-state index in [1.54, 1.807) is 30.0 Å². The van der Waals surface area contributed by atoms with E-state index in [1.165, 1.54) is 23.0 Å². The zero-order chi connectivity index (χ0) is 23.8. The van der Waals surface area contributed by atoms with Crippen LogP contribution in [0.15, 0.2) is 48.7 Å². The zero-order valence-electron chi connectivity index (χ0n) is 18.3. The molecule has 0 radical (unpaired) electrons. The smallest absolute Gasteiger partial charge is 0.272 e. The van der Waals surface area contributed by atoms with E-state index in [9.17, 15) is 18.0 Å². The van der Waals surface area contributed by atoms with Crippen LogP contribution in [-0.4, -0.2) is 49.7 Å². The summed E-state index contributed by atoms with van der Waals surface area (Å²) in [6.07, 6.45) is 3.09. The summed E-state index contributed by atoms with van der Waals surface area (Å²) in [6, 6.07) is 9.44. The van der Waals surface area contributed by atoms with Crippen molar-refractivity contribution in [3.8, 4) is 5.69 Å². The third-order valence-electron chi connectivity index (χ3n) is 5.86. The quantitative estimate of drug-likeness (QED) is 0.476. The lowest BCUT2D eigenvalue weighted by atomic mass is 10.2. The number of hydrogen-bond donors (Lipinski definition) is 1. The van der Waals surface area contributed by atoms with Crippen molar-refractivity contribution in [1.82, 2.24) is 24.6 Å². The average molecular weight is 466 g/mol. The summed E-state index contributed by atoms with van der Waals surface area (Å²) < 4.78 is 41.8.